The first-order chi connectivity index (χ1) is 7.43. The molecular weight excluding hydrogens is 222 g/mol. The van der Waals surface area contributed by atoms with Gasteiger partial charge in [-0.15, -0.1) is 11.3 Å². The Hall–Kier alpha value is -1.38. The topological polar surface area (TPSA) is 78.9 Å². The van der Waals surface area contributed by atoms with Gasteiger partial charge < -0.3 is 11.1 Å². The molecule has 1 heterocycles. The number of nitriles is 1. The van der Waals surface area contributed by atoms with Crippen LogP contribution in [0.5, 0.6) is 0 Å². The Bertz CT molecular complexity index is 417. The zero-order chi connectivity index (χ0) is 12.2. The van der Waals surface area contributed by atoms with Gasteiger partial charge in [-0.2, -0.15) is 5.26 Å². The number of amides is 1. The average Bonchev–Trinajstić information content (AvgIpc) is 2.60. The number of carbonyl (C=O) groups excluding carboxylic acids is 1. The number of hydrogen-bond donors (Lipinski definition) is 2. The highest BCUT2D eigenvalue weighted by molar-refractivity contribution is 7.10. The molecule has 86 valence electrons. The van der Waals surface area contributed by atoms with E-state index in [0.29, 0.717) is 18.5 Å². The minimum atomic E-state index is -0.318. The van der Waals surface area contributed by atoms with Crippen molar-refractivity contribution in [2.75, 3.05) is 0 Å². The molecule has 16 heavy (non-hydrogen) atoms. The van der Waals surface area contributed by atoms with Crippen molar-refractivity contribution >= 4 is 17.2 Å². The third kappa shape index (κ3) is 4.01. The predicted octanol–water partition coefficient (Wildman–Crippen LogP) is 1.36. The summed E-state index contributed by atoms with van der Waals surface area (Å²) in [5, 5.41) is 13.7. The smallest absolute Gasteiger partial charge is 0.219 e. The molecule has 1 rings (SSSR count). The summed E-state index contributed by atoms with van der Waals surface area (Å²) in [4.78, 5) is 11.9. The number of carbonyl (C=O) groups is 1. The van der Waals surface area contributed by atoms with Crippen molar-refractivity contribution in [3.05, 3.63) is 21.9 Å². The lowest BCUT2D eigenvalue weighted by atomic mass is 10.0. The lowest BCUT2D eigenvalue weighted by Gasteiger charge is -2.24. The molecule has 0 aliphatic rings. The summed E-state index contributed by atoms with van der Waals surface area (Å²) in [5.41, 5.74) is 5.51. The molecule has 0 aliphatic heterocycles. The molecule has 5 heteroatoms. The van der Waals surface area contributed by atoms with Gasteiger partial charge in [0.15, 0.2) is 0 Å². The third-order valence-corrected chi connectivity index (χ3v) is 3.08. The van der Waals surface area contributed by atoms with E-state index >= 15 is 0 Å². The summed E-state index contributed by atoms with van der Waals surface area (Å²) < 4.78 is 0. The van der Waals surface area contributed by atoms with Crippen molar-refractivity contribution in [2.45, 2.75) is 32.4 Å². The molecule has 4 nitrogen and oxygen atoms in total. The minimum Gasteiger partial charge on any atom is -0.370 e. The van der Waals surface area contributed by atoms with Gasteiger partial charge in [-0.3, -0.25) is 4.79 Å². The van der Waals surface area contributed by atoms with Crippen LogP contribution in [0.2, 0.25) is 0 Å². The first-order valence-corrected chi connectivity index (χ1v) is 5.82. The maximum Gasteiger partial charge on any atom is 0.219 e. The fraction of sp³-hybridized carbons (Fsp3) is 0.455. The molecule has 0 fully saturated rings. The Kier molecular flexibility index (Phi) is 4.05. The molecular formula is C11H15N3OS. The van der Waals surface area contributed by atoms with Gasteiger partial charge in [0.2, 0.25) is 5.91 Å². The van der Waals surface area contributed by atoms with Gasteiger partial charge >= 0.3 is 0 Å². The molecule has 1 aromatic rings. The molecule has 0 radical (unpaired) electrons. The van der Waals surface area contributed by atoms with Crippen molar-refractivity contribution in [1.29, 1.82) is 5.26 Å². The van der Waals surface area contributed by atoms with Gasteiger partial charge in [0, 0.05) is 28.8 Å². The fourth-order valence-corrected chi connectivity index (χ4v) is 2.11. The van der Waals surface area contributed by atoms with Crippen LogP contribution in [0.25, 0.3) is 0 Å². The van der Waals surface area contributed by atoms with E-state index < -0.39 is 0 Å². The summed E-state index contributed by atoms with van der Waals surface area (Å²) in [6.45, 7) is 4.50. The van der Waals surface area contributed by atoms with Gasteiger partial charge in [-0.05, 0) is 19.9 Å². The Labute approximate surface area is 99.1 Å². The molecule has 0 unspecified atom stereocenters. The molecule has 0 aromatic carbocycles. The zero-order valence-corrected chi connectivity index (χ0v) is 10.2. The summed E-state index contributed by atoms with van der Waals surface area (Å²) in [6.07, 6.45) is 0.295. The van der Waals surface area contributed by atoms with E-state index in [1.54, 1.807) is 0 Å². The van der Waals surface area contributed by atoms with E-state index in [4.69, 9.17) is 11.0 Å². The Morgan fingerprint density at radius 1 is 1.69 bits per heavy atom. The van der Waals surface area contributed by atoms with Crippen molar-refractivity contribution in [2.24, 2.45) is 5.73 Å². The summed E-state index contributed by atoms with van der Waals surface area (Å²) >= 11 is 1.53. The molecule has 0 saturated carbocycles. The second-order valence-corrected chi connectivity index (χ2v) is 5.29. The molecule has 0 atom stereocenters. The van der Waals surface area contributed by atoms with Gasteiger partial charge in [-0.25, -0.2) is 0 Å². The van der Waals surface area contributed by atoms with E-state index in [0.717, 1.165) is 4.88 Å². The normalized spacial score (nSPS) is 11.1. The zero-order valence-electron chi connectivity index (χ0n) is 9.41. The van der Waals surface area contributed by atoms with Crippen LogP contribution in [0.3, 0.4) is 0 Å². The van der Waals surface area contributed by atoms with Gasteiger partial charge in [0.25, 0.3) is 0 Å². The van der Waals surface area contributed by atoms with Crippen molar-refractivity contribution in [1.82, 2.24) is 5.32 Å². The largest absolute Gasteiger partial charge is 0.370 e. The highest BCUT2D eigenvalue weighted by Crippen LogP contribution is 2.16. The van der Waals surface area contributed by atoms with E-state index in [9.17, 15) is 4.79 Å². The number of nitrogens with one attached hydrogen (secondary N) is 1. The Morgan fingerprint density at radius 3 is 2.88 bits per heavy atom. The van der Waals surface area contributed by atoms with Crippen molar-refractivity contribution in [3.8, 4) is 6.07 Å². The summed E-state index contributed by atoms with van der Waals surface area (Å²) in [7, 11) is 0. The van der Waals surface area contributed by atoms with Crippen LogP contribution < -0.4 is 11.1 Å². The first-order valence-electron chi connectivity index (χ1n) is 4.94. The third-order valence-electron chi connectivity index (χ3n) is 2.14. The maximum atomic E-state index is 10.8. The quantitative estimate of drug-likeness (QED) is 0.811. The second-order valence-electron chi connectivity index (χ2n) is 4.29. The maximum absolute atomic E-state index is 10.8. The Balaban J connectivity index is 2.51. The van der Waals surface area contributed by atoms with Crippen LogP contribution >= 0.6 is 11.3 Å². The Morgan fingerprint density at radius 2 is 2.38 bits per heavy atom. The number of nitrogens with zero attached hydrogens (tertiary/aromatic N) is 1. The van der Waals surface area contributed by atoms with Crippen LogP contribution in [-0.2, 0) is 11.3 Å². The van der Waals surface area contributed by atoms with Gasteiger partial charge in [0.05, 0.1) is 5.56 Å². The molecule has 1 aromatic heterocycles. The lowest BCUT2D eigenvalue weighted by molar-refractivity contribution is -0.119. The van der Waals surface area contributed by atoms with Crippen LogP contribution in [-0.4, -0.2) is 11.4 Å². The van der Waals surface area contributed by atoms with E-state index in [1.165, 1.54) is 11.3 Å². The molecule has 0 spiro atoms. The highest BCUT2D eigenvalue weighted by atomic mass is 32.1. The standard InChI is InChI=1S/C11H15N3OS/c1-11(2,4-10(13)15)14-6-9-3-8(5-12)7-16-9/h3,7,14H,4,6H2,1-2H3,(H2,13,15). The van der Waals surface area contributed by atoms with Crippen LogP contribution in [0, 0.1) is 11.3 Å². The molecule has 3 N–H and O–H groups in total. The average molecular weight is 237 g/mol. The molecule has 0 saturated heterocycles. The summed E-state index contributed by atoms with van der Waals surface area (Å²) in [6, 6.07) is 3.93. The predicted molar refractivity (Wildman–Crippen MR) is 63.8 cm³/mol. The van der Waals surface area contributed by atoms with Crippen molar-refractivity contribution < 1.29 is 4.79 Å². The van der Waals surface area contributed by atoms with Crippen LogP contribution in [0.4, 0.5) is 0 Å². The number of primary amides is 1. The monoisotopic (exact) mass is 237 g/mol. The number of thiophene rings is 1. The SMILES string of the molecule is CC(C)(CC(N)=O)NCc1cc(C#N)cs1. The highest BCUT2D eigenvalue weighted by Gasteiger charge is 2.19. The number of hydrogen-bond acceptors (Lipinski definition) is 4. The molecule has 0 aliphatic carbocycles. The van der Waals surface area contributed by atoms with Crippen LogP contribution in [0.15, 0.2) is 11.4 Å². The van der Waals surface area contributed by atoms with E-state index in [2.05, 4.69) is 11.4 Å². The van der Waals surface area contributed by atoms with E-state index in [1.807, 2.05) is 25.3 Å². The van der Waals surface area contributed by atoms with Gasteiger partial charge in [-0.1, -0.05) is 0 Å². The number of rotatable bonds is 5. The molecule has 0 bridgehead atoms. The van der Waals surface area contributed by atoms with Gasteiger partial charge in [0.1, 0.15) is 6.07 Å². The second kappa shape index (κ2) is 5.10. The van der Waals surface area contributed by atoms with Crippen LogP contribution in [0.1, 0.15) is 30.7 Å². The minimum absolute atomic E-state index is 0.295. The first kappa shape index (κ1) is 12.7. The van der Waals surface area contributed by atoms with Crippen molar-refractivity contribution in [3.63, 3.8) is 0 Å². The summed E-state index contributed by atoms with van der Waals surface area (Å²) in [5.74, 6) is -0.318. The van der Waals surface area contributed by atoms with E-state index in [-0.39, 0.29) is 11.4 Å². The number of nitrogens with two attached hydrogens (primary N) is 1. The lowest BCUT2D eigenvalue weighted by Crippen LogP contribution is -2.42. The fourth-order valence-electron chi connectivity index (χ4n) is 1.36. The molecule has 1 amide bonds.